The fourth-order valence-corrected chi connectivity index (χ4v) is 11.5. The van der Waals surface area contributed by atoms with Gasteiger partial charge in [-0.2, -0.15) is 0 Å². The van der Waals surface area contributed by atoms with Gasteiger partial charge in [0.2, 0.25) is 0 Å². The number of hydrogen-bond donors (Lipinski definition) is 1. The third kappa shape index (κ3) is 70.3. The Hall–Kier alpha value is -2.14. The van der Waals surface area contributed by atoms with E-state index >= 15 is 0 Å². The van der Waals surface area contributed by atoms with E-state index in [0.717, 1.165) is 44.9 Å². The summed E-state index contributed by atoms with van der Waals surface area (Å²) in [5.74, 6) is -0.569. The molecular formula is C77H144O5. The van der Waals surface area contributed by atoms with Gasteiger partial charge in [-0.1, -0.05) is 371 Å². The summed E-state index contributed by atoms with van der Waals surface area (Å²) in [4.78, 5) is 24.7. The standard InChI is InChI=1S/C77H144O5/c1-3-5-7-9-11-13-15-17-19-21-23-25-27-29-31-33-34-35-36-37-38-39-40-41-42-44-45-47-49-51-53-55-57-59-61-63-65-67-69-71-76(79)81-74-75(73-78)82-77(80)72-70-68-66-64-62-60-58-56-54-52-50-48-46-43-32-30-28-26-24-22-20-18-16-14-12-10-8-6-4-2/h16,18,21-24,28,30,75,78H,3-15,17,19-20,25-27,29,31-74H2,1-2H3/b18-16-,23-21-,24-22-,30-28-. The molecule has 0 fully saturated rings. The van der Waals surface area contributed by atoms with Crippen molar-refractivity contribution in [1.82, 2.24) is 0 Å². The highest BCUT2D eigenvalue weighted by molar-refractivity contribution is 5.70. The minimum absolute atomic E-state index is 0.0612. The van der Waals surface area contributed by atoms with E-state index in [1.807, 2.05) is 0 Å². The summed E-state index contributed by atoms with van der Waals surface area (Å²) in [7, 11) is 0. The minimum Gasteiger partial charge on any atom is -0.462 e. The highest BCUT2D eigenvalue weighted by Crippen LogP contribution is 2.19. The van der Waals surface area contributed by atoms with Crippen LogP contribution in [-0.2, 0) is 19.1 Å². The van der Waals surface area contributed by atoms with Gasteiger partial charge in [0, 0.05) is 12.8 Å². The summed E-state index contributed by atoms with van der Waals surface area (Å²) in [6.45, 7) is 4.19. The van der Waals surface area contributed by atoms with Crippen LogP contribution >= 0.6 is 0 Å². The SMILES string of the molecule is CCCCCCC/C=C\C/C=C\C/C=C\CCCCCCCCCCCCCCCCC(=O)OC(CO)COC(=O)CCCCCCCCCCCCCCCCCCCCCCCCCCCCC/C=C\CCCCCCCCCC. The first-order chi connectivity index (χ1) is 40.6. The number of carbonyl (C=O) groups excluding carboxylic acids is 2. The van der Waals surface area contributed by atoms with Crippen molar-refractivity contribution in [1.29, 1.82) is 0 Å². The average molecular weight is 1150 g/mol. The first-order valence-electron chi connectivity index (χ1n) is 37.2. The molecule has 5 heteroatoms. The maximum atomic E-state index is 12.4. The summed E-state index contributed by atoms with van der Waals surface area (Å²) in [6.07, 6.45) is 98.9. The van der Waals surface area contributed by atoms with Gasteiger partial charge in [-0.25, -0.2) is 0 Å². The number of allylic oxidation sites excluding steroid dienone is 8. The monoisotopic (exact) mass is 1150 g/mol. The van der Waals surface area contributed by atoms with Gasteiger partial charge in [-0.15, -0.1) is 0 Å². The van der Waals surface area contributed by atoms with Crippen LogP contribution in [0.5, 0.6) is 0 Å². The Kier molecular flexibility index (Phi) is 71.2. The lowest BCUT2D eigenvalue weighted by Crippen LogP contribution is -2.28. The lowest BCUT2D eigenvalue weighted by atomic mass is 10.0. The molecule has 1 atom stereocenters. The van der Waals surface area contributed by atoms with Crippen LogP contribution in [-0.4, -0.2) is 36.4 Å². The number of carbonyl (C=O) groups is 2. The van der Waals surface area contributed by atoms with Gasteiger partial charge in [0.05, 0.1) is 6.61 Å². The first kappa shape index (κ1) is 79.9. The molecule has 0 aliphatic heterocycles. The van der Waals surface area contributed by atoms with Crippen LogP contribution in [0.3, 0.4) is 0 Å². The molecule has 0 aliphatic rings. The highest BCUT2D eigenvalue weighted by Gasteiger charge is 2.16. The van der Waals surface area contributed by atoms with Crippen molar-refractivity contribution < 1.29 is 24.2 Å². The normalized spacial score (nSPS) is 12.4. The van der Waals surface area contributed by atoms with Crippen LogP contribution < -0.4 is 0 Å². The Morgan fingerprint density at radius 1 is 0.280 bits per heavy atom. The highest BCUT2D eigenvalue weighted by atomic mass is 16.6. The van der Waals surface area contributed by atoms with E-state index in [2.05, 4.69) is 62.5 Å². The Balaban J connectivity index is 3.38. The zero-order valence-electron chi connectivity index (χ0n) is 55.5. The van der Waals surface area contributed by atoms with Crippen molar-refractivity contribution in [3.63, 3.8) is 0 Å². The Morgan fingerprint density at radius 3 is 0.744 bits per heavy atom. The molecule has 0 aromatic rings. The van der Waals surface area contributed by atoms with Gasteiger partial charge in [0.1, 0.15) is 6.61 Å². The van der Waals surface area contributed by atoms with Crippen molar-refractivity contribution in [2.75, 3.05) is 13.2 Å². The zero-order valence-corrected chi connectivity index (χ0v) is 55.5. The van der Waals surface area contributed by atoms with Gasteiger partial charge >= 0.3 is 11.9 Å². The molecule has 1 N–H and O–H groups in total. The maximum absolute atomic E-state index is 12.4. The molecular weight excluding hydrogens is 1000 g/mol. The lowest BCUT2D eigenvalue weighted by Gasteiger charge is -2.15. The third-order valence-corrected chi connectivity index (χ3v) is 17.1. The molecule has 1 unspecified atom stereocenters. The number of rotatable bonds is 70. The Bertz CT molecular complexity index is 1350. The van der Waals surface area contributed by atoms with Gasteiger partial charge in [0.15, 0.2) is 6.10 Å². The molecule has 82 heavy (non-hydrogen) atoms. The van der Waals surface area contributed by atoms with Crippen LogP contribution in [0.4, 0.5) is 0 Å². The number of unbranched alkanes of at least 4 members (excludes halogenated alkanes) is 54. The average Bonchev–Trinajstić information content (AvgIpc) is 3.49. The van der Waals surface area contributed by atoms with Gasteiger partial charge in [-0.05, 0) is 77.0 Å². The van der Waals surface area contributed by atoms with Crippen LogP contribution in [0.1, 0.15) is 412 Å². The second-order valence-electron chi connectivity index (χ2n) is 25.4. The van der Waals surface area contributed by atoms with Crippen LogP contribution in [0.25, 0.3) is 0 Å². The summed E-state index contributed by atoms with van der Waals surface area (Å²) < 4.78 is 10.8. The van der Waals surface area contributed by atoms with Crippen LogP contribution in [0, 0.1) is 0 Å². The van der Waals surface area contributed by atoms with Crippen LogP contribution in [0.2, 0.25) is 0 Å². The van der Waals surface area contributed by atoms with E-state index in [1.54, 1.807) is 0 Å². The first-order valence-corrected chi connectivity index (χ1v) is 37.2. The predicted molar refractivity (Wildman–Crippen MR) is 362 cm³/mol. The smallest absolute Gasteiger partial charge is 0.306 e. The minimum atomic E-state index is -0.772. The molecule has 0 aromatic heterocycles. The van der Waals surface area contributed by atoms with Gasteiger partial charge in [-0.3, -0.25) is 9.59 Å². The number of esters is 2. The number of ether oxygens (including phenoxy) is 2. The summed E-state index contributed by atoms with van der Waals surface area (Å²) >= 11 is 0. The molecule has 0 rings (SSSR count). The van der Waals surface area contributed by atoms with Gasteiger partial charge in [0.25, 0.3) is 0 Å². The fraction of sp³-hybridized carbons (Fsp3) is 0.870. The van der Waals surface area contributed by atoms with Crippen molar-refractivity contribution in [3.8, 4) is 0 Å². The van der Waals surface area contributed by atoms with Crippen molar-refractivity contribution in [3.05, 3.63) is 48.6 Å². The van der Waals surface area contributed by atoms with E-state index in [1.165, 1.54) is 340 Å². The molecule has 0 bridgehead atoms. The predicted octanol–water partition coefficient (Wildman–Crippen LogP) is 25.9. The van der Waals surface area contributed by atoms with Crippen molar-refractivity contribution in [2.24, 2.45) is 0 Å². The van der Waals surface area contributed by atoms with Crippen molar-refractivity contribution >= 4 is 11.9 Å². The lowest BCUT2D eigenvalue weighted by molar-refractivity contribution is -0.161. The van der Waals surface area contributed by atoms with E-state index in [9.17, 15) is 14.7 Å². The number of aliphatic hydroxyl groups is 1. The van der Waals surface area contributed by atoms with E-state index in [0.29, 0.717) is 12.8 Å². The molecule has 0 radical (unpaired) electrons. The quantitative estimate of drug-likeness (QED) is 0.0373. The van der Waals surface area contributed by atoms with Gasteiger partial charge < -0.3 is 14.6 Å². The Labute approximate surface area is 513 Å². The topological polar surface area (TPSA) is 72.8 Å². The summed E-state index contributed by atoms with van der Waals surface area (Å²) in [6, 6.07) is 0. The maximum Gasteiger partial charge on any atom is 0.306 e. The number of aliphatic hydroxyl groups excluding tert-OH is 1. The molecule has 0 saturated heterocycles. The molecule has 0 heterocycles. The molecule has 0 saturated carbocycles. The van der Waals surface area contributed by atoms with E-state index < -0.39 is 6.10 Å². The summed E-state index contributed by atoms with van der Waals surface area (Å²) in [5, 5.41) is 9.71. The second-order valence-corrected chi connectivity index (χ2v) is 25.4. The molecule has 5 nitrogen and oxygen atoms in total. The molecule has 0 spiro atoms. The number of hydrogen-bond acceptors (Lipinski definition) is 5. The van der Waals surface area contributed by atoms with E-state index in [4.69, 9.17) is 9.47 Å². The van der Waals surface area contributed by atoms with E-state index in [-0.39, 0.29) is 25.2 Å². The molecule has 0 aliphatic carbocycles. The zero-order chi connectivity index (χ0) is 59.1. The Morgan fingerprint density at radius 2 is 0.488 bits per heavy atom. The molecule has 0 aromatic carbocycles. The van der Waals surface area contributed by atoms with Crippen LogP contribution in [0.15, 0.2) is 48.6 Å². The summed E-state index contributed by atoms with van der Waals surface area (Å²) in [5.41, 5.74) is 0. The molecule has 482 valence electrons. The second kappa shape index (κ2) is 73.1. The fourth-order valence-electron chi connectivity index (χ4n) is 11.5. The largest absolute Gasteiger partial charge is 0.462 e. The van der Waals surface area contributed by atoms with Crippen molar-refractivity contribution in [2.45, 2.75) is 418 Å². The third-order valence-electron chi connectivity index (χ3n) is 17.1. The molecule has 0 amide bonds.